The Hall–Kier alpha value is -3.41. The van der Waals surface area contributed by atoms with Crippen LogP contribution >= 0.6 is 0 Å². The molecule has 3 rings (SSSR count). The van der Waals surface area contributed by atoms with E-state index in [9.17, 15) is 9.18 Å². The molecular weight excluding hydrogens is 357 g/mol. The average molecular weight is 379 g/mol. The molecule has 144 valence electrons. The van der Waals surface area contributed by atoms with Gasteiger partial charge in [-0.2, -0.15) is 0 Å². The molecule has 0 aliphatic heterocycles. The number of amides is 1. The maximum atomic E-state index is 12.9. The van der Waals surface area contributed by atoms with Crippen molar-refractivity contribution in [2.24, 2.45) is 0 Å². The van der Waals surface area contributed by atoms with Crippen molar-refractivity contribution in [2.45, 2.75) is 13.3 Å². The SMILES string of the molecule is COc1ccc(C)cc1NC(=O)c1ccnc(NCCc2ccc(F)cc2)c1. The molecule has 1 aromatic heterocycles. The van der Waals surface area contributed by atoms with Gasteiger partial charge in [0.2, 0.25) is 0 Å². The maximum Gasteiger partial charge on any atom is 0.255 e. The molecule has 5 nitrogen and oxygen atoms in total. The molecular formula is C22H22FN3O2. The molecule has 0 atom stereocenters. The molecule has 1 heterocycles. The van der Waals surface area contributed by atoms with E-state index in [4.69, 9.17) is 4.74 Å². The summed E-state index contributed by atoms with van der Waals surface area (Å²) in [6.07, 6.45) is 2.31. The Morgan fingerprint density at radius 3 is 2.64 bits per heavy atom. The molecule has 0 aliphatic carbocycles. The molecule has 2 N–H and O–H groups in total. The second kappa shape index (κ2) is 8.99. The van der Waals surface area contributed by atoms with Gasteiger partial charge in [-0.15, -0.1) is 0 Å². The standard InChI is InChI=1S/C22H22FN3O2/c1-15-3-8-20(28-2)19(13-15)26-22(27)17-10-12-25-21(14-17)24-11-9-16-4-6-18(23)7-5-16/h3-8,10,12-14H,9,11H2,1-2H3,(H,24,25)(H,26,27). The van der Waals surface area contributed by atoms with E-state index < -0.39 is 0 Å². The summed E-state index contributed by atoms with van der Waals surface area (Å²) in [6, 6.07) is 15.3. The number of anilines is 2. The maximum absolute atomic E-state index is 12.9. The number of carbonyl (C=O) groups excluding carboxylic acids is 1. The first kappa shape index (κ1) is 19.4. The lowest BCUT2D eigenvalue weighted by Crippen LogP contribution is -2.14. The Morgan fingerprint density at radius 2 is 1.89 bits per heavy atom. The highest BCUT2D eigenvalue weighted by atomic mass is 19.1. The van der Waals surface area contributed by atoms with Crippen molar-refractivity contribution >= 4 is 17.4 Å². The monoisotopic (exact) mass is 379 g/mol. The number of hydrogen-bond acceptors (Lipinski definition) is 4. The van der Waals surface area contributed by atoms with Gasteiger partial charge in [-0.25, -0.2) is 9.37 Å². The van der Waals surface area contributed by atoms with Gasteiger partial charge in [-0.1, -0.05) is 18.2 Å². The quantitative estimate of drug-likeness (QED) is 0.637. The number of nitrogens with one attached hydrogen (secondary N) is 2. The summed E-state index contributed by atoms with van der Waals surface area (Å²) in [5.74, 6) is 0.715. The normalized spacial score (nSPS) is 10.4. The summed E-state index contributed by atoms with van der Waals surface area (Å²) in [5, 5.41) is 6.07. The molecule has 2 aromatic carbocycles. The number of methoxy groups -OCH3 is 1. The van der Waals surface area contributed by atoms with Gasteiger partial charge in [0, 0.05) is 18.3 Å². The Labute approximate surface area is 163 Å². The van der Waals surface area contributed by atoms with Gasteiger partial charge >= 0.3 is 0 Å². The zero-order valence-electron chi connectivity index (χ0n) is 15.8. The summed E-state index contributed by atoms with van der Waals surface area (Å²) in [5.41, 5.74) is 3.15. The van der Waals surface area contributed by atoms with E-state index in [2.05, 4.69) is 15.6 Å². The zero-order chi connectivity index (χ0) is 19.9. The van der Waals surface area contributed by atoms with E-state index in [1.807, 2.05) is 25.1 Å². The lowest BCUT2D eigenvalue weighted by Gasteiger charge is -2.12. The minimum absolute atomic E-state index is 0.243. The van der Waals surface area contributed by atoms with E-state index in [0.717, 1.165) is 17.5 Å². The first-order valence-electron chi connectivity index (χ1n) is 8.95. The highest BCUT2D eigenvalue weighted by Gasteiger charge is 2.11. The number of hydrogen-bond donors (Lipinski definition) is 2. The molecule has 1 amide bonds. The molecule has 0 fully saturated rings. The summed E-state index contributed by atoms with van der Waals surface area (Å²) in [4.78, 5) is 16.9. The van der Waals surface area contributed by atoms with Gasteiger partial charge < -0.3 is 15.4 Å². The van der Waals surface area contributed by atoms with Gasteiger partial charge in [0.1, 0.15) is 17.4 Å². The van der Waals surface area contributed by atoms with Gasteiger partial charge in [-0.05, 0) is 60.9 Å². The van der Waals surface area contributed by atoms with Crippen LogP contribution in [0.4, 0.5) is 15.9 Å². The van der Waals surface area contributed by atoms with Gasteiger partial charge in [-0.3, -0.25) is 4.79 Å². The van der Waals surface area contributed by atoms with Crippen LogP contribution in [-0.2, 0) is 6.42 Å². The van der Waals surface area contributed by atoms with Crippen LogP contribution in [0.2, 0.25) is 0 Å². The van der Waals surface area contributed by atoms with Crippen molar-refractivity contribution in [3.05, 3.63) is 83.3 Å². The number of carbonyl (C=O) groups is 1. The number of nitrogens with zero attached hydrogens (tertiary/aromatic N) is 1. The zero-order valence-corrected chi connectivity index (χ0v) is 15.8. The van der Waals surface area contributed by atoms with Crippen LogP contribution in [0.1, 0.15) is 21.5 Å². The summed E-state index contributed by atoms with van der Waals surface area (Å²) in [7, 11) is 1.57. The number of ether oxygens (including phenoxy) is 1. The number of aromatic nitrogens is 1. The van der Waals surface area contributed by atoms with Gasteiger partial charge in [0.15, 0.2) is 0 Å². The average Bonchev–Trinajstić information content (AvgIpc) is 2.70. The summed E-state index contributed by atoms with van der Waals surface area (Å²) in [6.45, 7) is 2.57. The lowest BCUT2D eigenvalue weighted by atomic mass is 10.1. The second-order valence-electron chi connectivity index (χ2n) is 6.39. The van der Waals surface area contributed by atoms with Gasteiger partial charge in [0.05, 0.1) is 12.8 Å². The van der Waals surface area contributed by atoms with Crippen molar-refractivity contribution < 1.29 is 13.9 Å². The highest BCUT2D eigenvalue weighted by Crippen LogP contribution is 2.25. The lowest BCUT2D eigenvalue weighted by molar-refractivity contribution is 0.102. The van der Waals surface area contributed by atoms with Crippen LogP contribution in [0.15, 0.2) is 60.8 Å². The molecule has 6 heteroatoms. The number of pyridine rings is 1. The molecule has 0 radical (unpaired) electrons. The van der Waals surface area contributed by atoms with Crippen LogP contribution in [0.5, 0.6) is 5.75 Å². The third-order valence-electron chi connectivity index (χ3n) is 4.26. The molecule has 0 saturated carbocycles. The van der Waals surface area contributed by atoms with E-state index in [1.54, 1.807) is 37.6 Å². The van der Waals surface area contributed by atoms with Gasteiger partial charge in [0.25, 0.3) is 5.91 Å². The fourth-order valence-corrected chi connectivity index (χ4v) is 2.77. The molecule has 0 bridgehead atoms. The van der Waals surface area contributed by atoms with Crippen molar-refractivity contribution in [1.29, 1.82) is 0 Å². The van der Waals surface area contributed by atoms with Crippen molar-refractivity contribution in [3.8, 4) is 5.75 Å². The highest BCUT2D eigenvalue weighted by molar-refractivity contribution is 6.05. The second-order valence-corrected chi connectivity index (χ2v) is 6.39. The molecule has 0 aliphatic rings. The molecule has 0 unspecified atom stereocenters. The molecule has 28 heavy (non-hydrogen) atoms. The van der Waals surface area contributed by atoms with E-state index in [1.165, 1.54) is 12.1 Å². The molecule has 3 aromatic rings. The predicted molar refractivity (Wildman–Crippen MR) is 109 cm³/mol. The number of benzene rings is 2. The van der Waals surface area contributed by atoms with Crippen LogP contribution in [0, 0.1) is 12.7 Å². The Kier molecular flexibility index (Phi) is 6.22. The van der Waals surface area contributed by atoms with Crippen molar-refractivity contribution in [1.82, 2.24) is 4.98 Å². The first-order chi connectivity index (χ1) is 13.5. The Morgan fingerprint density at radius 1 is 1.11 bits per heavy atom. The van der Waals surface area contributed by atoms with Crippen LogP contribution in [0.3, 0.4) is 0 Å². The third-order valence-corrected chi connectivity index (χ3v) is 4.26. The third kappa shape index (κ3) is 5.07. The Bertz CT molecular complexity index is 958. The smallest absolute Gasteiger partial charge is 0.255 e. The van der Waals surface area contributed by atoms with Crippen LogP contribution < -0.4 is 15.4 Å². The minimum Gasteiger partial charge on any atom is -0.495 e. The van der Waals surface area contributed by atoms with E-state index in [-0.39, 0.29) is 11.7 Å². The molecule has 0 spiro atoms. The minimum atomic E-state index is -0.248. The van der Waals surface area contributed by atoms with Crippen LogP contribution in [0.25, 0.3) is 0 Å². The largest absolute Gasteiger partial charge is 0.495 e. The fourth-order valence-electron chi connectivity index (χ4n) is 2.77. The molecule has 0 saturated heterocycles. The Balaban J connectivity index is 1.63. The first-order valence-corrected chi connectivity index (χ1v) is 8.95. The van der Waals surface area contributed by atoms with Crippen molar-refractivity contribution in [3.63, 3.8) is 0 Å². The fraction of sp³-hybridized carbons (Fsp3) is 0.182. The van der Waals surface area contributed by atoms with Crippen molar-refractivity contribution in [2.75, 3.05) is 24.3 Å². The van der Waals surface area contributed by atoms with Crippen LogP contribution in [-0.4, -0.2) is 24.5 Å². The topological polar surface area (TPSA) is 63.2 Å². The predicted octanol–water partition coefficient (Wildman–Crippen LogP) is 4.44. The number of aryl methyl sites for hydroxylation is 1. The number of halogens is 1. The summed E-state index contributed by atoms with van der Waals surface area (Å²) < 4.78 is 18.2. The summed E-state index contributed by atoms with van der Waals surface area (Å²) >= 11 is 0. The number of rotatable bonds is 7. The van der Waals surface area contributed by atoms with E-state index >= 15 is 0 Å². The van der Waals surface area contributed by atoms with E-state index in [0.29, 0.717) is 29.4 Å².